The van der Waals surface area contributed by atoms with Crippen LogP contribution in [0, 0.1) is 17.0 Å². The third-order valence-corrected chi connectivity index (χ3v) is 3.65. The van der Waals surface area contributed by atoms with Crippen LogP contribution < -0.4 is 10.1 Å². The average molecular weight is 308 g/mol. The predicted octanol–water partition coefficient (Wildman–Crippen LogP) is 3.16. The second-order valence-corrected chi connectivity index (χ2v) is 5.44. The van der Waals surface area contributed by atoms with E-state index in [2.05, 4.69) is 22.4 Å². The van der Waals surface area contributed by atoms with E-state index in [0.29, 0.717) is 11.3 Å². The highest BCUT2D eigenvalue weighted by Crippen LogP contribution is 2.28. The van der Waals surface area contributed by atoms with Crippen molar-refractivity contribution in [1.82, 2.24) is 10.2 Å². The zero-order valence-electron chi connectivity index (χ0n) is 11.8. The molecule has 0 atom stereocenters. The number of nitrogens with one attached hydrogen (secondary N) is 1. The van der Waals surface area contributed by atoms with Gasteiger partial charge in [0.1, 0.15) is 12.4 Å². The summed E-state index contributed by atoms with van der Waals surface area (Å²) in [6, 6.07) is 4.77. The van der Waals surface area contributed by atoms with Crippen molar-refractivity contribution in [2.45, 2.75) is 26.9 Å². The van der Waals surface area contributed by atoms with Crippen LogP contribution in [0.15, 0.2) is 18.2 Å². The fourth-order valence-electron chi connectivity index (χ4n) is 1.71. The van der Waals surface area contributed by atoms with Crippen LogP contribution in [0.3, 0.4) is 0 Å². The highest BCUT2D eigenvalue weighted by Gasteiger charge is 2.14. The van der Waals surface area contributed by atoms with Crippen molar-refractivity contribution < 1.29 is 9.66 Å². The highest BCUT2D eigenvalue weighted by molar-refractivity contribution is 7.15. The molecule has 21 heavy (non-hydrogen) atoms. The molecule has 1 N–H and O–H groups in total. The molecule has 0 fully saturated rings. The van der Waals surface area contributed by atoms with Gasteiger partial charge in [0, 0.05) is 12.6 Å². The van der Waals surface area contributed by atoms with Crippen molar-refractivity contribution in [3.8, 4) is 5.75 Å². The first-order valence-electron chi connectivity index (χ1n) is 6.55. The fourth-order valence-corrected chi connectivity index (χ4v) is 2.39. The second-order valence-electron chi connectivity index (χ2n) is 4.37. The summed E-state index contributed by atoms with van der Waals surface area (Å²) in [5.74, 6) is 0.488. The predicted molar refractivity (Wildman–Crippen MR) is 80.9 cm³/mol. The van der Waals surface area contributed by atoms with Crippen molar-refractivity contribution in [2.75, 3.05) is 11.9 Å². The largest absolute Gasteiger partial charge is 0.486 e. The number of anilines is 1. The number of nitrogens with zero attached hydrogens (tertiary/aromatic N) is 3. The van der Waals surface area contributed by atoms with Gasteiger partial charge in [-0.15, -0.1) is 10.2 Å². The Balaban J connectivity index is 2.01. The molecular weight excluding hydrogens is 292 g/mol. The van der Waals surface area contributed by atoms with Gasteiger partial charge >= 0.3 is 0 Å². The molecule has 0 saturated heterocycles. The van der Waals surface area contributed by atoms with E-state index in [9.17, 15) is 10.1 Å². The van der Waals surface area contributed by atoms with Crippen LogP contribution >= 0.6 is 11.3 Å². The van der Waals surface area contributed by atoms with Crippen molar-refractivity contribution in [2.24, 2.45) is 0 Å². The summed E-state index contributed by atoms with van der Waals surface area (Å²) in [5.41, 5.74) is 0.561. The van der Waals surface area contributed by atoms with E-state index in [1.807, 2.05) is 0 Å². The molecule has 2 aromatic rings. The number of hydrogen-bond donors (Lipinski definition) is 1. The van der Waals surface area contributed by atoms with Crippen LogP contribution in [0.2, 0.25) is 0 Å². The molecule has 112 valence electrons. The summed E-state index contributed by atoms with van der Waals surface area (Å²) < 4.78 is 5.61. The summed E-state index contributed by atoms with van der Waals surface area (Å²) >= 11 is 1.42. The molecule has 1 aromatic heterocycles. The Hall–Kier alpha value is -2.22. The first kappa shape index (κ1) is 15.2. The van der Waals surface area contributed by atoms with E-state index in [0.717, 1.165) is 23.1 Å². The lowest BCUT2D eigenvalue weighted by atomic mass is 10.2. The minimum Gasteiger partial charge on any atom is -0.486 e. The summed E-state index contributed by atoms with van der Waals surface area (Å²) in [6.45, 7) is 4.83. The zero-order valence-corrected chi connectivity index (χ0v) is 12.6. The third-order valence-electron chi connectivity index (χ3n) is 2.80. The lowest BCUT2D eigenvalue weighted by Crippen LogP contribution is -1.99. The minimum atomic E-state index is -0.417. The van der Waals surface area contributed by atoms with Crippen molar-refractivity contribution in [3.05, 3.63) is 38.9 Å². The van der Waals surface area contributed by atoms with Gasteiger partial charge in [0.25, 0.3) is 5.69 Å². The van der Waals surface area contributed by atoms with Crippen molar-refractivity contribution >= 4 is 22.2 Å². The Morgan fingerprint density at radius 2 is 2.24 bits per heavy atom. The van der Waals surface area contributed by atoms with Crippen LogP contribution in [0.1, 0.15) is 23.9 Å². The lowest BCUT2D eigenvalue weighted by molar-refractivity contribution is -0.385. The standard InChI is InChI=1S/C13H16N4O3S/c1-3-7-14-13-16-15-12(21-13)8-20-11-6-4-5-10(9(11)2)17(18)19/h4-6H,3,7-8H2,1-2H3,(H,14,16). The quantitative estimate of drug-likeness (QED) is 0.624. The smallest absolute Gasteiger partial charge is 0.276 e. The number of hydrogen-bond acceptors (Lipinski definition) is 7. The molecule has 0 bridgehead atoms. The number of aromatic nitrogens is 2. The summed E-state index contributed by atoms with van der Waals surface area (Å²) in [6.07, 6.45) is 1.01. The number of rotatable bonds is 7. The minimum absolute atomic E-state index is 0.0510. The molecule has 8 heteroatoms. The van der Waals surface area contributed by atoms with E-state index in [4.69, 9.17) is 4.74 Å². The molecule has 0 aliphatic carbocycles. The Labute approximate surface area is 126 Å². The summed E-state index contributed by atoms with van der Waals surface area (Å²) in [5, 5.41) is 23.5. The summed E-state index contributed by atoms with van der Waals surface area (Å²) in [4.78, 5) is 10.5. The van der Waals surface area contributed by atoms with E-state index in [1.165, 1.54) is 17.4 Å². The second kappa shape index (κ2) is 6.98. The molecule has 0 aliphatic rings. The van der Waals surface area contributed by atoms with Crippen LogP contribution in [-0.4, -0.2) is 21.7 Å². The SMILES string of the molecule is CCCNc1nnc(COc2cccc([N+](=O)[O-])c2C)s1. The van der Waals surface area contributed by atoms with Gasteiger partial charge < -0.3 is 10.1 Å². The van der Waals surface area contributed by atoms with Gasteiger partial charge in [-0.2, -0.15) is 0 Å². The molecule has 0 radical (unpaired) electrons. The van der Waals surface area contributed by atoms with Gasteiger partial charge in [-0.1, -0.05) is 24.3 Å². The Kier molecular flexibility index (Phi) is 5.04. The lowest BCUT2D eigenvalue weighted by Gasteiger charge is -2.07. The molecule has 1 aromatic carbocycles. The Bertz CT molecular complexity index is 630. The molecule has 1 heterocycles. The molecule has 7 nitrogen and oxygen atoms in total. The average Bonchev–Trinajstić information content (AvgIpc) is 2.91. The van der Waals surface area contributed by atoms with Gasteiger partial charge in [-0.25, -0.2) is 0 Å². The van der Waals surface area contributed by atoms with Gasteiger partial charge in [0.05, 0.1) is 10.5 Å². The monoisotopic (exact) mass is 308 g/mol. The maximum atomic E-state index is 10.9. The normalized spacial score (nSPS) is 10.4. The molecule has 0 amide bonds. The van der Waals surface area contributed by atoms with E-state index in [-0.39, 0.29) is 12.3 Å². The Morgan fingerprint density at radius 3 is 2.95 bits per heavy atom. The third kappa shape index (κ3) is 3.88. The maximum Gasteiger partial charge on any atom is 0.276 e. The van der Waals surface area contributed by atoms with Crippen LogP contribution in [0.5, 0.6) is 5.75 Å². The van der Waals surface area contributed by atoms with Gasteiger partial charge in [0.15, 0.2) is 5.01 Å². The first-order valence-corrected chi connectivity index (χ1v) is 7.36. The molecule has 2 rings (SSSR count). The van der Waals surface area contributed by atoms with E-state index < -0.39 is 4.92 Å². The number of benzene rings is 1. The van der Waals surface area contributed by atoms with Crippen LogP contribution in [-0.2, 0) is 6.61 Å². The zero-order chi connectivity index (χ0) is 15.2. The van der Waals surface area contributed by atoms with Gasteiger partial charge in [-0.05, 0) is 19.4 Å². The topological polar surface area (TPSA) is 90.2 Å². The molecule has 0 spiro atoms. The number of nitro groups is 1. The number of ether oxygens (including phenoxy) is 1. The number of nitro benzene ring substituents is 1. The van der Waals surface area contributed by atoms with Crippen LogP contribution in [0.25, 0.3) is 0 Å². The maximum absolute atomic E-state index is 10.9. The molecule has 0 saturated carbocycles. The first-order chi connectivity index (χ1) is 10.1. The van der Waals surface area contributed by atoms with E-state index in [1.54, 1.807) is 19.1 Å². The Morgan fingerprint density at radius 1 is 1.43 bits per heavy atom. The van der Waals surface area contributed by atoms with E-state index >= 15 is 0 Å². The van der Waals surface area contributed by atoms with Gasteiger partial charge in [-0.3, -0.25) is 10.1 Å². The summed E-state index contributed by atoms with van der Waals surface area (Å²) in [7, 11) is 0. The molecule has 0 unspecified atom stereocenters. The van der Waals surface area contributed by atoms with Crippen LogP contribution in [0.4, 0.5) is 10.8 Å². The molecular formula is C13H16N4O3S. The highest BCUT2D eigenvalue weighted by atomic mass is 32.1. The van der Waals surface area contributed by atoms with Crippen molar-refractivity contribution in [1.29, 1.82) is 0 Å². The van der Waals surface area contributed by atoms with Gasteiger partial charge in [0.2, 0.25) is 5.13 Å². The van der Waals surface area contributed by atoms with Crippen molar-refractivity contribution in [3.63, 3.8) is 0 Å². The molecule has 0 aliphatic heterocycles. The fraction of sp³-hybridized carbons (Fsp3) is 0.385.